The third-order valence-corrected chi connectivity index (χ3v) is 8.65. The molecule has 0 spiro atoms. The monoisotopic (exact) mass is 484 g/mol. The Hall–Kier alpha value is -2.40. The first-order valence-electron chi connectivity index (χ1n) is 11.1. The van der Waals surface area contributed by atoms with E-state index in [-0.39, 0.29) is 29.5 Å². The number of alkyl halides is 3. The van der Waals surface area contributed by atoms with Crippen LogP contribution in [-0.2, 0) is 9.84 Å². The fourth-order valence-electron chi connectivity index (χ4n) is 4.70. The van der Waals surface area contributed by atoms with Gasteiger partial charge < -0.3 is 9.88 Å². The molecule has 1 N–H and O–H groups in total. The van der Waals surface area contributed by atoms with Gasteiger partial charge in [-0.25, -0.2) is 13.4 Å². The number of carbonyl (C=O) groups is 1. The Balaban J connectivity index is 1.52. The molecule has 1 atom stereocenters. The van der Waals surface area contributed by atoms with Crippen molar-refractivity contribution in [1.29, 1.82) is 0 Å². The Morgan fingerprint density at radius 1 is 1.18 bits per heavy atom. The van der Waals surface area contributed by atoms with Crippen molar-refractivity contribution in [3.8, 4) is 5.69 Å². The number of likely N-dealkylation sites (tertiary alicyclic amines) is 1. The van der Waals surface area contributed by atoms with Gasteiger partial charge in [-0.3, -0.25) is 9.69 Å². The fourth-order valence-corrected chi connectivity index (χ4v) is 6.58. The quantitative estimate of drug-likeness (QED) is 0.653. The summed E-state index contributed by atoms with van der Waals surface area (Å²) in [7, 11) is -3.55. The van der Waals surface area contributed by atoms with Crippen LogP contribution in [-0.4, -0.2) is 66.4 Å². The second-order valence-electron chi connectivity index (χ2n) is 8.82. The van der Waals surface area contributed by atoms with Crippen molar-refractivity contribution in [2.24, 2.45) is 5.92 Å². The highest BCUT2D eigenvalue weighted by atomic mass is 32.2. The smallest absolute Gasteiger partial charge is 0.352 e. The summed E-state index contributed by atoms with van der Waals surface area (Å²) in [5.41, 5.74) is 0.678. The van der Waals surface area contributed by atoms with E-state index in [4.69, 9.17) is 0 Å². The van der Waals surface area contributed by atoms with Gasteiger partial charge >= 0.3 is 6.18 Å². The molecule has 2 aliphatic rings. The van der Waals surface area contributed by atoms with E-state index in [9.17, 15) is 26.4 Å². The van der Waals surface area contributed by atoms with Crippen molar-refractivity contribution < 1.29 is 26.4 Å². The SMILES string of the molecule is O=C(NC[C@@H]1CCN(CC(F)(F)F)C1)c1cc(S(=O)(=O)C2CCCC2)ccc1-n1ccnc1. The van der Waals surface area contributed by atoms with Gasteiger partial charge in [0.05, 0.1) is 34.3 Å². The van der Waals surface area contributed by atoms with Gasteiger partial charge in [0.15, 0.2) is 9.84 Å². The average Bonchev–Trinajstić information content (AvgIpc) is 3.53. The van der Waals surface area contributed by atoms with E-state index < -0.39 is 33.7 Å². The van der Waals surface area contributed by atoms with Crippen LogP contribution in [0.2, 0.25) is 0 Å². The molecule has 0 radical (unpaired) electrons. The maximum Gasteiger partial charge on any atom is 0.401 e. The number of benzene rings is 1. The molecule has 180 valence electrons. The second kappa shape index (κ2) is 9.46. The minimum atomic E-state index is -4.25. The van der Waals surface area contributed by atoms with E-state index in [0.29, 0.717) is 31.5 Å². The maximum absolute atomic E-state index is 13.1. The van der Waals surface area contributed by atoms with Crippen LogP contribution in [0.3, 0.4) is 0 Å². The number of amides is 1. The van der Waals surface area contributed by atoms with Crippen LogP contribution in [0, 0.1) is 5.92 Å². The Morgan fingerprint density at radius 3 is 2.61 bits per heavy atom. The standard InChI is InChI=1S/C22H27F3N4O3S/c23-22(24,25)14-28-9-7-16(13-28)12-27-21(30)19-11-18(33(31,32)17-3-1-2-4-17)5-6-20(19)29-10-8-26-15-29/h5-6,8,10-11,15-17H,1-4,7,9,12-14H2,(H,27,30)/t16-/m0/s1. The van der Waals surface area contributed by atoms with Gasteiger partial charge in [0.1, 0.15) is 0 Å². The molecule has 1 saturated carbocycles. The molecule has 1 aliphatic heterocycles. The van der Waals surface area contributed by atoms with E-state index in [1.807, 2.05) is 0 Å². The number of hydrogen-bond donors (Lipinski definition) is 1. The first kappa shape index (κ1) is 23.7. The molecule has 1 aromatic heterocycles. The van der Waals surface area contributed by atoms with Crippen LogP contribution in [0.4, 0.5) is 13.2 Å². The number of nitrogens with zero attached hydrogens (tertiary/aromatic N) is 3. The molecule has 1 saturated heterocycles. The molecule has 1 aromatic carbocycles. The number of imidazole rings is 1. The van der Waals surface area contributed by atoms with Crippen LogP contribution in [0.5, 0.6) is 0 Å². The Kier molecular flexibility index (Phi) is 6.81. The van der Waals surface area contributed by atoms with Crippen LogP contribution in [0.1, 0.15) is 42.5 Å². The summed E-state index contributed by atoms with van der Waals surface area (Å²) in [5, 5.41) is 2.36. The van der Waals surface area contributed by atoms with Crippen LogP contribution in [0.25, 0.3) is 5.69 Å². The van der Waals surface area contributed by atoms with E-state index in [0.717, 1.165) is 12.8 Å². The van der Waals surface area contributed by atoms with E-state index in [2.05, 4.69) is 10.3 Å². The molecule has 1 amide bonds. The van der Waals surface area contributed by atoms with E-state index >= 15 is 0 Å². The fraction of sp³-hybridized carbons (Fsp3) is 0.545. The number of carbonyl (C=O) groups excluding carboxylic acids is 1. The molecule has 0 bridgehead atoms. The van der Waals surface area contributed by atoms with Crippen molar-refractivity contribution in [2.75, 3.05) is 26.2 Å². The molecular weight excluding hydrogens is 457 g/mol. The average molecular weight is 485 g/mol. The largest absolute Gasteiger partial charge is 0.401 e. The Labute approximate surface area is 190 Å². The highest BCUT2D eigenvalue weighted by Crippen LogP contribution is 2.31. The van der Waals surface area contributed by atoms with Crippen LogP contribution >= 0.6 is 0 Å². The number of halogens is 3. The third-order valence-electron chi connectivity index (χ3n) is 6.39. The summed E-state index contributed by atoms with van der Waals surface area (Å²) in [6.07, 6.45) is 4.01. The van der Waals surface area contributed by atoms with Gasteiger partial charge in [-0.05, 0) is 49.9 Å². The first-order chi connectivity index (χ1) is 15.6. The van der Waals surface area contributed by atoms with Crippen molar-refractivity contribution in [3.63, 3.8) is 0 Å². The molecule has 2 heterocycles. The molecule has 0 unspecified atom stereocenters. The van der Waals surface area contributed by atoms with E-state index in [1.165, 1.54) is 23.4 Å². The summed E-state index contributed by atoms with van der Waals surface area (Å²) >= 11 is 0. The van der Waals surface area contributed by atoms with Crippen LogP contribution < -0.4 is 5.32 Å². The zero-order chi connectivity index (χ0) is 23.6. The lowest BCUT2D eigenvalue weighted by atomic mass is 10.1. The van der Waals surface area contributed by atoms with Crippen molar-refractivity contribution >= 4 is 15.7 Å². The summed E-state index contributed by atoms with van der Waals surface area (Å²) < 4.78 is 65.7. The Bertz CT molecular complexity index is 1080. The van der Waals surface area contributed by atoms with Gasteiger partial charge in [0, 0.05) is 25.5 Å². The molecule has 11 heteroatoms. The number of sulfone groups is 1. The number of hydrogen-bond acceptors (Lipinski definition) is 5. The van der Waals surface area contributed by atoms with Gasteiger partial charge in [0.25, 0.3) is 5.91 Å². The molecular formula is C22H27F3N4O3S. The van der Waals surface area contributed by atoms with Gasteiger partial charge in [0.2, 0.25) is 0 Å². The normalized spacial score (nSPS) is 20.4. The lowest BCUT2D eigenvalue weighted by molar-refractivity contribution is -0.143. The predicted molar refractivity (Wildman–Crippen MR) is 116 cm³/mol. The zero-order valence-electron chi connectivity index (χ0n) is 18.1. The van der Waals surface area contributed by atoms with Crippen molar-refractivity contribution in [3.05, 3.63) is 42.5 Å². The number of aromatic nitrogens is 2. The van der Waals surface area contributed by atoms with Crippen molar-refractivity contribution in [1.82, 2.24) is 19.8 Å². The van der Waals surface area contributed by atoms with Gasteiger partial charge in [-0.15, -0.1) is 0 Å². The molecule has 2 fully saturated rings. The molecule has 1 aliphatic carbocycles. The second-order valence-corrected chi connectivity index (χ2v) is 11.0. The zero-order valence-corrected chi connectivity index (χ0v) is 18.9. The maximum atomic E-state index is 13.1. The lowest BCUT2D eigenvalue weighted by Crippen LogP contribution is -2.35. The molecule has 33 heavy (non-hydrogen) atoms. The summed E-state index contributed by atoms with van der Waals surface area (Å²) in [6.45, 7) is -0.154. The minimum Gasteiger partial charge on any atom is -0.352 e. The Morgan fingerprint density at radius 2 is 1.94 bits per heavy atom. The molecule has 4 rings (SSSR count). The minimum absolute atomic E-state index is 0.0987. The summed E-state index contributed by atoms with van der Waals surface area (Å²) in [6, 6.07) is 4.52. The highest BCUT2D eigenvalue weighted by molar-refractivity contribution is 7.92. The summed E-state index contributed by atoms with van der Waals surface area (Å²) in [5.74, 6) is -0.560. The number of nitrogens with one attached hydrogen (secondary N) is 1. The first-order valence-corrected chi connectivity index (χ1v) is 12.6. The third kappa shape index (κ3) is 5.57. The summed E-state index contributed by atoms with van der Waals surface area (Å²) in [4.78, 5) is 18.5. The van der Waals surface area contributed by atoms with Crippen molar-refractivity contribution in [2.45, 2.75) is 48.4 Å². The lowest BCUT2D eigenvalue weighted by Gasteiger charge is -2.18. The number of rotatable bonds is 7. The van der Waals surface area contributed by atoms with Gasteiger partial charge in [-0.2, -0.15) is 13.2 Å². The topological polar surface area (TPSA) is 84.3 Å². The highest BCUT2D eigenvalue weighted by Gasteiger charge is 2.35. The van der Waals surface area contributed by atoms with Gasteiger partial charge in [-0.1, -0.05) is 12.8 Å². The van der Waals surface area contributed by atoms with Crippen LogP contribution in [0.15, 0.2) is 41.8 Å². The van der Waals surface area contributed by atoms with E-state index in [1.54, 1.807) is 23.0 Å². The molecule has 7 nitrogen and oxygen atoms in total. The predicted octanol–water partition coefficient (Wildman–Crippen LogP) is 3.20. The molecule has 2 aromatic rings.